The highest BCUT2D eigenvalue weighted by atomic mass is 16.6. The number of ether oxygens (including phenoxy) is 3. The number of nitrogens with two attached hydrogens (primary N) is 2. The zero-order chi connectivity index (χ0) is 34.1. The summed E-state index contributed by atoms with van der Waals surface area (Å²) in [5.41, 5.74) is 10.7. The summed E-state index contributed by atoms with van der Waals surface area (Å²) in [5.74, 6) is -1.38. The van der Waals surface area contributed by atoms with Crippen LogP contribution in [0.15, 0.2) is 29.0 Å². The predicted octanol–water partition coefficient (Wildman–Crippen LogP) is -0.829. The van der Waals surface area contributed by atoms with Crippen molar-refractivity contribution in [3.63, 3.8) is 0 Å². The molecule has 256 valence electrons. The first-order chi connectivity index (χ1) is 22.3. The number of piperidine rings is 1. The van der Waals surface area contributed by atoms with Gasteiger partial charge in [-0.1, -0.05) is 6.07 Å². The van der Waals surface area contributed by atoms with Crippen molar-refractivity contribution in [2.75, 3.05) is 47.4 Å². The number of aliphatic hydroxyl groups is 1. The second-order valence-electron chi connectivity index (χ2n) is 12.5. The first-order valence-electron chi connectivity index (χ1n) is 15.6. The van der Waals surface area contributed by atoms with Gasteiger partial charge in [0.15, 0.2) is 23.6 Å². The second-order valence-corrected chi connectivity index (χ2v) is 12.5. The Labute approximate surface area is 272 Å². The molecule has 0 aromatic heterocycles. The van der Waals surface area contributed by atoms with E-state index in [-0.39, 0.29) is 44.5 Å². The standard InChI is InChI=1S/C31H43N7O9/c1-37-13-10-30-24-17-6-7-19(45-3)25(24)47-26(30)20(8-9-31(30,44)21(37)15-17)46-29(43)38(2)14-12-34-27(42)18(5-4-11-35-28(32)33)36-22(39)16-23(40)41/h6-8,18,21,26,44H,4-5,9-16H2,1-3H3,(H,34,42)(H,36,39)(H,40,41)(H4,32,33,35)/t18-,21-,26?,30+,31-/m0/s1. The van der Waals surface area contributed by atoms with E-state index in [1.54, 1.807) is 13.2 Å². The van der Waals surface area contributed by atoms with Crippen molar-refractivity contribution in [3.8, 4) is 11.5 Å². The van der Waals surface area contributed by atoms with Gasteiger partial charge in [-0.05, 0) is 57.0 Å². The fourth-order valence-corrected chi connectivity index (χ4v) is 7.48. The van der Waals surface area contributed by atoms with Crippen molar-refractivity contribution in [1.82, 2.24) is 20.4 Å². The lowest BCUT2D eigenvalue weighted by Gasteiger charge is -2.61. The van der Waals surface area contributed by atoms with Gasteiger partial charge < -0.3 is 56.3 Å². The normalized spacial score (nSPS) is 25.7. The molecule has 1 aromatic carbocycles. The number of carbonyl (C=O) groups is 4. The highest BCUT2D eigenvalue weighted by Gasteiger charge is 2.72. The molecule has 5 atom stereocenters. The average Bonchev–Trinajstić information content (AvgIpc) is 3.37. The quantitative estimate of drug-likeness (QED) is 0.0661. The van der Waals surface area contributed by atoms with E-state index in [0.29, 0.717) is 36.5 Å². The number of rotatable bonds is 13. The number of carboxylic acids is 1. The van der Waals surface area contributed by atoms with Crippen LogP contribution in [-0.4, -0.2) is 121 Å². The molecule has 5 rings (SSSR count). The molecule has 1 unspecified atom stereocenters. The van der Waals surface area contributed by atoms with Crippen LogP contribution in [0.1, 0.15) is 43.2 Å². The molecule has 1 saturated heterocycles. The van der Waals surface area contributed by atoms with Gasteiger partial charge >= 0.3 is 12.1 Å². The summed E-state index contributed by atoms with van der Waals surface area (Å²) in [6, 6.07) is 2.72. The van der Waals surface area contributed by atoms with Crippen LogP contribution >= 0.6 is 0 Å². The molecule has 1 spiro atoms. The highest BCUT2D eigenvalue weighted by Crippen LogP contribution is 2.65. The van der Waals surface area contributed by atoms with Gasteiger partial charge in [-0.25, -0.2) is 4.79 Å². The van der Waals surface area contributed by atoms with E-state index < -0.39 is 53.5 Å². The van der Waals surface area contributed by atoms with Crippen molar-refractivity contribution in [2.45, 2.75) is 67.7 Å². The first-order valence-corrected chi connectivity index (χ1v) is 15.6. The van der Waals surface area contributed by atoms with Gasteiger partial charge in [-0.3, -0.25) is 19.4 Å². The molecule has 16 nitrogen and oxygen atoms in total. The SMILES string of the molecule is COc1ccc2c3c1OC1C(OC(=O)N(C)CCNC(=O)[C@H](CCCN=C(N)N)NC(=O)CC(=O)O)=CC[C@]4(O)[C@H](C2)N(C)CC[C@@]314. The summed E-state index contributed by atoms with van der Waals surface area (Å²) >= 11 is 0. The van der Waals surface area contributed by atoms with E-state index in [9.17, 15) is 24.3 Å². The van der Waals surface area contributed by atoms with Crippen LogP contribution < -0.4 is 31.6 Å². The molecule has 47 heavy (non-hydrogen) atoms. The molecule has 1 fully saturated rings. The number of methoxy groups -OCH3 is 1. The number of likely N-dealkylation sites (tertiary alicyclic amines) is 1. The minimum absolute atomic E-state index is 0.0202. The van der Waals surface area contributed by atoms with Crippen molar-refractivity contribution in [2.24, 2.45) is 16.5 Å². The number of aliphatic carboxylic acids is 1. The largest absolute Gasteiger partial charge is 0.493 e. The Hall–Kier alpha value is -4.57. The molecular weight excluding hydrogens is 614 g/mol. The van der Waals surface area contributed by atoms with E-state index >= 15 is 0 Å². The van der Waals surface area contributed by atoms with Gasteiger partial charge in [-0.2, -0.15) is 0 Å². The summed E-state index contributed by atoms with van der Waals surface area (Å²) in [6.45, 7) is 1.03. The first kappa shape index (κ1) is 33.8. The number of carboxylic acid groups (broad SMARTS) is 1. The summed E-state index contributed by atoms with van der Waals surface area (Å²) in [7, 11) is 5.10. The number of amides is 3. The van der Waals surface area contributed by atoms with Gasteiger partial charge in [0.25, 0.3) is 0 Å². The Bertz CT molecular complexity index is 1500. The monoisotopic (exact) mass is 657 g/mol. The molecule has 3 amide bonds. The van der Waals surface area contributed by atoms with Crippen molar-refractivity contribution in [3.05, 3.63) is 35.1 Å². The smallest absolute Gasteiger partial charge is 0.414 e. The summed E-state index contributed by atoms with van der Waals surface area (Å²) in [6.07, 6.45) is 1.56. The molecule has 2 aliphatic carbocycles. The van der Waals surface area contributed by atoms with Crippen LogP contribution in [0.3, 0.4) is 0 Å². The molecular formula is C31H43N7O9. The molecule has 16 heteroatoms. The second kappa shape index (κ2) is 13.3. The number of aliphatic imine (C=N–C) groups is 1. The topological polar surface area (TPSA) is 231 Å². The Kier molecular flexibility index (Phi) is 9.54. The molecule has 2 heterocycles. The van der Waals surface area contributed by atoms with E-state index in [1.807, 2.05) is 19.2 Å². The fourth-order valence-electron chi connectivity index (χ4n) is 7.48. The van der Waals surface area contributed by atoms with E-state index in [1.165, 1.54) is 11.9 Å². The van der Waals surface area contributed by atoms with Crippen molar-refractivity contribution < 1.29 is 43.6 Å². The third-order valence-electron chi connectivity index (χ3n) is 9.73. The number of guanidine groups is 1. The lowest BCUT2D eigenvalue weighted by molar-refractivity contribution is -0.163. The zero-order valence-electron chi connectivity index (χ0n) is 26.8. The minimum Gasteiger partial charge on any atom is -0.493 e. The van der Waals surface area contributed by atoms with E-state index in [0.717, 1.165) is 17.7 Å². The third kappa shape index (κ3) is 6.14. The number of nitrogens with one attached hydrogen (secondary N) is 2. The van der Waals surface area contributed by atoms with Crippen LogP contribution in [0, 0.1) is 0 Å². The molecule has 2 aliphatic heterocycles. The maximum Gasteiger partial charge on any atom is 0.414 e. The average molecular weight is 658 g/mol. The van der Waals surface area contributed by atoms with E-state index in [2.05, 4.69) is 20.5 Å². The van der Waals surface area contributed by atoms with Gasteiger partial charge in [-0.15, -0.1) is 0 Å². The molecule has 2 bridgehead atoms. The molecule has 0 saturated carbocycles. The van der Waals surface area contributed by atoms with Crippen LogP contribution in [0.2, 0.25) is 0 Å². The number of hydrogen-bond donors (Lipinski definition) is 6. The van der Waals surface area contributed by atoms with Gasteiger partial charge in [0.1, 0.15) is 18.2 Å². The summed E-state index contributed by atoms with van der Waals surface area (Å²) < 4.78 is 18.1. The highest BCUT2D eigenvalue weighted by molar-refractivity contribution is 5.96. The van der Waals surface area contributed by atoms with E-state index in [4.69, 9.17) is 30.8 Å². The number of carbonyl (C=O) groups excluding carboxylic acids is 3. The molecule has 4 aliphatic rings. The zero-order valence-corrected chi connectivity index (χ0v) is 26.8. The predicted molar refractivity (Wildman–Crippen MR) is 168 cm³/mol. The Morgan fingerprint density at radius 3 is 2.74 bits per heavy atom. The van der Waals surface area contributed by atoms with Crippen LogP contribution in [0.25, 0.3) is 0 Å². The molecule has 8 N–H and O–H groups in total. The van der Waals surface area contributed by atoms with Crippen molar-refractivity contribution >= 4 is 29.8 Å². The van der Waals surface area contributed by atoms with Crippen LogP contribution in [0.5, 0.6) is 11.5 Å². The Balaban J connectivity index is 1.23. The lowest BCUT2D eigenvalue weighted by atomic mass is 9.50. The number of benzene rings is 1. The lowest BCUT2D eigenvalue weighted by Crippen LogP contribution is -2.74. The molecule has 1 aromatic rings. The number of likely N-dealkylation sites (N-methyl/N-ethyl adjacent to an activating group) is 2. The minimum atomic E-state index is -1.33. The summed E-state index contributed by atoms with van der Waals surface area (Å²) in [5, 5.41) is 26.3. The van der Waals surface area contributed by atoms with Gasteiger partial charge in [0.05, 0.1) is 18.1 Å². The fraction of sp³-hybridized carbons (Fsp3) is 0.581. The summed E-state index contributed by atoms with van der Waals surface area (Å²) in [4.78, 5) is 56.5. The van der Waals surface area contributed by atoms with Crippen molar-refractivity contribution in [1.29, 1.82) is 0 Å². The van der Waals surface area contributed by atoms with Gasteiger partial charge in [0, 0.05) is 44.7 Å². The maximum atomic E-state index is 13.3. The van der Waals surface area contributed by atoms with Crippen LogP contribution in [-0.2, 0) is 31.0 Å². The Morgan fingerprint density at radius 2 is 2.04 bits per heavy atom. The number of nitrogens with zero attached hydrogens (tertiary/aromatic N) is 3. The number of hydrogen-bond acceptors (Lipinski definition) is 10. The van der Waals surface area contributed by atoms with Gasteiger partial charge in [0.2, 0.25) is 11.8 Å². The van der Waals surface area contributed by atoms with Crippen LogP contribution in [0.4, 0.5) is 4.79 Å². The maximum absolute atomic E-state index is 13.3. The Morgan fingerprint density at radius 1 is 1.28 bits per heavy atom. The molecule has 0 radical (unpaired) electrons. The third-order valence-corrected chi connectivity index (χ3v) is 9.73.